The van der Waals surface area contributed by atoms with Gasteiger partial charge in [-0.15, -0.1) is 0 Å². The molecule has 126 valence electrons. The Morgan fingerprint density at radius 3 is 2.50 bits per heavy atom. The molecule has 2 rings (SSSR count). The van der Waals surface area contributed by atoms with Crippen molar-refractivity contribution >= 4 is 33.5 Å². The highest BCUT2D eigenvalue weighted by molar-refractivity contribution is 9.10. The second kappa shape index (κ2) is 8.49. The van der Waals surface area contributed by atoms with Crippen LogP contribution < -0.4 is 10.1 Å². The van der Waals surface area contributed by atoms with Gasteiger partial charge in [-0.05, 0) is 65.2 Å². The minimum absolute atomic E-state index is 0.245. The predicted molar refractivity (Wildman–Crippen MR) is 95.1 cm³/mol. The van der Waals surface area contributed by atoms with Gasteiger partial charge in [-0.25, -0.2) is 4.79 Å². The summed E-state index contributed by atoms with van der Waals surface area (Å²) in [6, 6.07) is 12.9. The van der Waals surface area contributed by atoms with Gasteiger partial charge in [0.2, 0.25) is 0 Å². The number of hydrogen-bond acceptors (Lipinski definition) is 4. The summed E-state index contributed by atoms with van der Waals surface area (Å²) in [5, 5.41) is 2.67. The van der Waals surface area contributed by atoms with E-state index in [4.69, 9.17) is 9.47 Å². The second-order valence-electron chi connectivity index (χ2n) is 5.30. The molecule has 5 nitrogen and oxygen atoms in total. The maximum Gasteiger partial charge on any atom is 0.344 e. The van der Waals surface area contributed by atoms with Crippen LogP contribution in [-0.2, 0) is 14.3 Å². The van der Waals surface area contributed by atoms with Gasteiger partial charge in [0.15, 0.2) is 13.2 Å². The standard InChI is InChI=1S/C18H18BrNO4/c1-12-4-3-5-14(8-12)23-11-18(22)24-10-17(21)20-16-7-6-13(2)9-15(16)19/h3-9H,10-11H2,1-2H3,(H,20,21). The Kier molecular flexibility index (Phi) is 6.37. The van der Waals surface area contributed by atoms with E-state index in [2.05, 4.69) is 21.2 Å². The van der Waals surface area contributed by atoms with Crippen LogP contribution in [0.25, 0.3) is 0 Å². The molecule has 0 aliphatic rings. The second-order valence-corrected chi connectivity index (χ2v) is 6.15. The van der Waals surface area contributed by atoms with E-state index < -0.39 is 11.9 Å². The first-order valence-corrected chi connectivity index (χ1v) is 8.14. The normalized spacial score (nSPS) is 10.1. The molecule has 0 aliphatic carbocycles. The number of anilines is 1. The van der Waals surface area contributed by atoms with Crippen molar-refractivity contribution in [3.8, 4) is 5.75 Å². The molecular weight excluding hydrogens is 374 g/mol. The van der Waals surface area contributed by atoms with Crippen molar-refractivity contribution in [1.82, 2.24) is 0 Å². The van der Waals surface area contributed by atoms with Crippen molar-refractivity contribution in [1.29, 1.82) is 0 Å². The summed E-state index contributed by atoms with van der Waals surface area (Å²) >= 11 is 3.37. The highest BCUT2D eigenvalue weighted by atomic mass is 79.9. The van der Waals surface area contributed by atoms with E-state index in [1.807, 2.05) is 44.2 Å². The first-order valence-electron chi connectivity index (χ1n) is 7.35. The number of esters is 1. The van der Waals surface area contributed by atoms with Crippen LogP contribution in [0.15, 0.2) is 46.9 Å². The molecule has 0 saturated heterocycles. The van der Waals surface area contributed by atoms with Gasteiger partial charge in [0, 0.05) is 4.47 Å². The van der Waals surface area contributed by atoms with E-state index in [0.717, 1.165) is 15.6 Å². The van der Waals surface area contributed by atoms with Crippen LogP contribution in [0.2, 0.25) is 0 Å². The number of amides is 1. The molecule has 24 heavy (non-hydrogen) atoms. The van der Waals surface area contributed by atoms with Crippen molar-refractivity contribution in [2.24, 2.45) is 0 Å². The van der Waals surface area contributed by atoms with Gasteiger partial charge in [0.25, 0.3) is 5.91 Å². The average Bonchev–Trinajstić information content (AvgIpc) is 2.54. The Balaban J connectivity index is 1.75. The Morgan fingerprint density at radius 2 is 1.79 bits per heavy atom. The lowest BCUT2D eigenvalue weighted by molar-refractivity contribution is -0.149. The van der Waals surface area contributed by atoms with Crippen LogP contribution in [0.5, 0.6) is 5.75 Å². The minimum atomic E-state index is -0.602. The molecule has 0 spiro atoms. The van der Waals surface area contributed by atoms with Crippen LogP contribution in [-0.4, -0.2) is 25.1 Å². The van der Waals surface area contributed by atoms with Crippen LogP contribution in [0.4, 0.5) is 5.69 Å². The number of nitrogens with one attached hydrogen (secondary N) is 1. The van der Waals surface area contributed by atoms with Crippen LogP contribution >= 0.6 is 15.9 Å². The van der Waals surface area contributed by atoms with Crippen LogP contribution in [0.1, 0.15) is 11.1 Å². The molecular formula is C18H18BrNO4. The molecule has 0 unspecified atom stereocenters. The fourth-order valence-corrected chi connectivity index (χ4v) is 2.54. The zero-order valence-electron chi connectivity index (χ0n) is 13.5. The number of halogens is 1. The van der Waals surface area contributed by atoms with Gasteiger partial charge in [0.05, 0.1) is 5.69 Å². The van der Waals surface area contributed by atoms with E-state index in [-0.39, 0.29) is 13.2 Å². The summed E-state index contributed by atoms with van der Waals surface area (Å²) in [5.74, 6) is -0.432. The van der Waals surface area contributed by atoms with Crippen molar-refractivity contribution in [3.05, 3.63) is 58.1 Å². The smallest absolute Gasteiger partial charge is 0.344 e. The summed E-state index contributed by atoms with van der Waals surface area (Å²) in [5.41, 5.74) is 2.72. The maximum absolute atomic E-state index is 11.8. The van der Waals surface area contributed by atoms with Gasteiger partial charge in [0.1, 0.15) is 5.75 Å². The Hall–Kier alpha value is -2.34. The van der Waals surface area contributed by atoms with Crippen LogP contribution in [0.3, 0.4) is 0 Å². The zero-order chi connectivity index (χ0) is 17.5. The van der Waals surface area contributed by atoms with E-state index in [1.165, 1.54) is 0 Å². The number of aryl methyl sites for hydroxylation is 2. The molecule has 2 aromatic carbocycles. The third-order valence-electron chi connectivity index (χ3n) is 3.11. The summed E-state index contributed by atoms with van der Waals surface area (Å²) in [4.78, 5) is 23.5. The van der Waals surface area contributed by atoms with Gasteiger partial charge in [-0.3, -0.25) is 4.79 Å². The third-order valence-corrected chi connectivity index (χ3v) is 3.77. The summed E-state index contributed by atoms with van der Waals surface area (Å²) in [6.45, 7) is 3.27. The SMILES string of the molecule is Cc1cccc(OCC(=O)OCC(=O)Nc2ccc(C)cc2Br)c1. The fourth-order valence-electron chi connectivity index (χ4n) is 1.94. The van der Waals surface area contributed by atoms with Gasteiger partial charge in [-0.2, -0.15) is 0 Å². The summed E-state index contributed by atoms with van der Waals surface area (Å²) < 4.78 is 11.0. The average molecular weight is 392 g/mol. The maximum atomic E-state index is 11.8. The monoisotopic (exact) mass is 391 g/mol. The Labute approximate surface area is 149 Å². The number of carbonyl (C=O) groups excluding carboxylic acids is 2. The summed E-state index contributed by atoms with van der Waals surface area (Å²) in [7, 11) is 0. The number of hydrogen-bond donors (Lipinski definition) is 1. The molecule has 0 radical (unpaired) electrons. The summed E-state index contributed by atoms with van der Waals surface area (Å²) in [6.07, 6.45) is 0. The molecule has 0 fully saturated rings. The van der Waals surface area contributed by atoms with E-state index in [0.29, 0.717) is 11.4 Å². The van der Waals surface area contributed by atoms with Crippen molar-refractivity contribution in [2.45, 2.75) is 13.8 Å². The first kappa shape index (κ1) is 18.0. The highest BCUT2D eigenvalue weighted by Crippen LogP contribution is 2.23. The topological polar surface area (TPSA) is 64.6 Å². The third kappa shape index (κ3) is 5.70. The van der Waals surface area contributed by atoms with E-state index in [9.17, 15) is 9.59 Å². The van der Waals surface area contributed by atoms with Crippen molar-refractivity contribution < 1.29 is 19.1 Å². The van der Waals surface area contributed by atoms with E-state index in [1.54, 1.807) is 12.1 Å². The van der Waals surface area contributed by atoms with Crippen molar-refractivity contribution in [2.75, 3.05) is 18.5 Å². The molecule has 6 heteroatoms. The first-order chi connectivity index (χ1) is 11.4. The quantitative estimate of drug-likeness (QED) is 0.763. The molecule has 2 aromatic rings. The number of rotatable bonds is 6. The Bertz CT molecular complexity index is 746. The van der Waals surface area contributed by atoms with Gasteiger partial charge in [-0.1, -0.05) is 18.2 Å². The molecule has 0 bridgehead atoms. The fraction of sp³-hybridized carbons (Fsp3) is 0.222. The largest absolute Gasteiger partial charge is 0.482 e. The Morgan fingerprint density at radius 1 is 1.04 bits per heavy atom. The molecule has 0 saturated carbocycles. The van der Waals surface area contributed by atoms with Crippen molar-refractivity contribution in [3.63, 3.8) is 0 Å². The molecule has 0 aliphatic heterocycles. The number of ether oxygens (including phenoxy) is 2. The number of carbonyl (C=O) groups is 2. The van der Waals surface area contributed by atoms with E-state index >= 15 is 0 Å². The molecule has 0 atom stereocenters. The highest BCUT2D eigenvalue weighted by Gasteiger charge is 2.10. The predicted octanol–water partition coefficient (Wildman–Crippen LogP) is 3.63. The van der Waals surface area contributed by atoms with Crippen LogP contribution in [0, 0.1) is 13.8 Å². The molecule has 0 aromatic heterocycles. The molecule has 1 amide bonds. The lowest BCUT2D eigenvalue weighted by atomic mass is 10.2. The minimum Gasteiger partial charge on any atom is -0.482 e. The lowest BCUT2D eigenvalue weighted by Crippen LogP contribution is -2.23. The van der Waals surface area contributed by atoms with Gasteiger partial charge < -0.3 is 14.8 Å². The molecule has 0 heterocycles. The zero-order valence-corrected chi connectivity index (χ0v) is 15.1. The number of benzene rings is 2. The van der Waals surface area contributed by atoms with Gasteiger partial charge >= 0.3 is 5.97 Å². The lowest BCUT2D eigenvalue weighted by Gasteiger charge is -2.09. The molecule has 1 N–H and O–H groups in total.